The lowest BCUT2D eigenvalue weighted by Crippen LogP contribution is -2.28. The van der Waals surface area contributed by atoms with Crippen molar-refractivity contribution in [2.75, 3.05) is 13.6 Å². The zero-order valence-electron chi connectivity index (χ0n) is 13.5. The number of furan rings is 1. The summed E-state index contributed by atoms with van der Waals surface area (Å²) in [5.41, 5.74) is 3.97. The van der Waals surface area contributed by atoms with Gasteiger partial charge in [0.1, 0.15) is 5.76 Å². The minimum atomic E-state index is -0.0292. The zero-order chi connectivity index (χ0) is 16.4. The summed E-state index contributed by atoms with van der Waals surface area (Å²) in [5.74, 6) is 0.846. The minimum absolute atomic E-state index is 0.0292. The monoisotopic (exact) mass is 309 g/mol. The largest absolute Gasteiger partial charge is 0.469 e. The van der Waals surface area contributed by atoms with Crippen LogP contribution in [0.15, 0.2) is 41.0 Å². The molecule has 0 bridgehead atoms. The fraction of sp³-hybridized carbons (Fsp3) is 0.278. The summed E-state index contributed by atoms with van der Waals surface area (Å²) in [6.45, 7) is 4.46. The Bertz CT molecular complexity index is 841. The van der Waals surface area contributed by atoms with Crippen LogP contribution in [-0.2, 0) is 6.42 Å². The fourth-order valence-electron chi connectivity index (χ4n) is 2.42. The van der Waals surface area contributed by atoms with Gasteiger partial charge >= 0.3 is 0 Å². The molecule has 5 heteroatoms. The van der Waals surface area contributed by atoms with Crippen LogP contribution in [0.4, 0.5) is 0 Å². The Labute approximate surface area is 135 Å². The lowest BCUT2D eigenvalue weighted by molar-refractivity contribution is 0.0795. The molecular formula is C18H19N3O2. The Kier molecular flexibility index (Phi) is 4.10. The van der Waals surface area contributed by atoms with Crippen molar-refractivity contribution in [3.63, 3.8) is 0 Å². The number of hydrogen-bond acceptors (Lipinski definition) is 4. The Morgan fingerprint density at radius 3 is 2.57 bits per heavy atom. The smallest absolute Gasteiger partial charge is 0.253 e. The Hall–Kier alpha value is -2.69. The average Bonchev–Trinajstić information content (AvgIpc) is 3.06. The van der Waals surface area contributed by atoms with Gasteiger partial charge in [-0.2, -0.15) is 0 Å². The molecule has 0 aliphatic carbocycles. The zero-order valence-corrected chi connectivity index (χ0v) is 13.5. The van der Waals surface area contributed by atoms with E-state index in [1.54, 1.807) is 30.3 Å². The number of likely N-dealkylation sites (N-methyl/N-ethyl adjacent to an activating group) is 1. The van der Waals surface area contributed by atoms with Crippen LogP contribution in [0.2, 0.25) is 0 Å². The number of benzene rings is 1. The maximum atomic E-state index is 12.5. The van der Waals surface area contributed by atoms with Gasteiger partial charge in [-0.05, 0) is 44.2 Å². The molecule has 3 rings (SSSR count). The van der Waals surface area contributed by atoms with Gasteiger partial charge in [0.2, 0.25) is 0 Å². The lowest BCUT2D eigenvalue weighted by Gasteiger charge is -2.16. The summed E-state index contributed by atoms with van der Waals surface area (Å²) in [4.78, 5) is 23.2. The molecule has 0 unspecified atom stereocenters. The second-order valence-electron chi connectivity index (χ2n) is 5.65. The number of aryl methyl sites for hydroxylation is 2. The maximum absolute atomic E-state index is 12.5. The highest BCUT2D eigenvalue weighted by Gasteiger charge is 2.13. The molecule has 1 amide bonds. The number of aromatic nitrogens is 2. The summed E-state index contributed by atoms with van der Waals surface area (Å²) in [7, 11) is 1.79. The molecule has 0 saturated carbocycles. The van der Waals surface area contributed by atoms with E-state index in [2.05, 4.69) is 9.97 Å². The summed E-state index contributed by atoms with van der Waals surface area (Å²) in [5, 5.41) is 0. The first-order chi connectivity index (χ1) is 11.0. The average molecular weight is 309 g/mol. The normalized spacial score (nSPS) is 10.9. The summed E-state index contributed by atoms with van der Waals surface area (Å²) < 4.78 is 5.30. The molecule has 118 valence electrons. The molecule has 0 fully saturated rings. The molecule has 23 heavy (non-hydrogen) atoms. The predicted octanol–water partition coefficient (Wildman–Crippen LogP) is 3.15. The maximum Gasteiger partial charge on any atom is 0.253 e. The number of carbonyl (C=O) groups excluding carboxylic acids is 1. The fourth-order valence-corrected chi connectivity index (χ4v) is 2.42. The lowest BCUT2D eigenvalue weighted by atomic mass is 10.1. The SMILES string of the molecule is Cc1nc2ccc(C(=O)N(C)CCc3ccco3)cc2nc1C. The van der Waals surface area contributed by atoms with E-state index in [0.717, 1.165) is 28.2 Å². The standard InChI is InChI=1S/C18H19N3O2/c1-12-13(2)20-17-11-14(6-7-16(17)19-12)18(22)21(3)9-8-15-5-4-10-23-15/h4-7,10-11H,8-9H2,1-3H3. The molecule has 0 N–H and O–H groups in total. The van der Waals surface area contributed by atoms with Gasteiger partial charge < -0.3 is 9.32 Å². The second-order valence-corrected chi connectivity index (χ2v) is 5.65. The molecule has 1 aromatic carbocycles. The van der Waals surface area contributed by atoms with Crippen molar-refractivity contribution in [3.05, 3.63) is 59.3 Å². The van der Waals surface area contributed by atoms with E-state index in [4.69, 9.17) is 4.42 Å². The van der Waals surface area contributed by atoms with Gasteiger partial charge in [-0.25, -0.2) is 9.97 Å². The van der Waals surface area contributed by atoms with Gasteiger partial charge in [0.25, 0.3) is 5.91 Å². The highest BCUT2D eigenvalue weighted by Crippen LogP contribution is 2.16. The third-order valence-electron chi connectivity index (χ3n) is 3.94. The second kappa shape index (κ2) is 6.20. The molecule has 2 heterocycles. The quantitative estimate of drug-likeness (QED) is 0.743. The van der Waals surface area contributed by atoms with E-state index in [1.807, 2.05) is 32.0 Å². The molecule has 0 saturated heterocycles. The third-order valence-corrected chi connectivity index (χ3v) is 3.94. The van der Waals surface area contributed by atoms with Crippen molar-refractivity contribution in [1.29, 1.82) is 0 Å². The van der Waals surface area contributed by atoms with Crippen LogP contribution in [0.25, 0.3) is 11.0 Å². The van der Waals surface area contributed by atoms with Crippen molar-refractivity contribution in [1.82, 2.24) is 14.9 Å². The van der Waals surface area contributed by atoms with Crippen molar-refractivity contribution < 1.29 is 9.21 Å². The van der Waals surface area contributed by atoms with Crippen LogP contribution < -0.4 is 0 Å². The molecule has 0 radical (unpaired) electrons. The van der Waals surface area contributed by atoms with Crippen molar-refractivity contribution in [2.24, 2.45) is 0 Å². The van der Waals surface area contributed by atoms with E-state index in [0.29, 0.717) is 18.5 Å². The highest BCUT2D eigenvalue weighted by molar-refractivity contribution is 5.97. The van der Waals surface area contributed by atoms with E-state index in [9.17, 15) is 4.79 Å². The molecule has 0 aliphatic heterocycles. The van der Waals surface area contributed by atoms with Gasteiger partial charge in [0, 0.05) is 25.6 Å². The van der Waals surface area contributed by atoms with E-state index in [-0.39, 0.29) is 5.91 Å². The summed E-state index contributed by atoms with van der Waals surface area (Å²) in [6, 6.07) is 9.22. The van der Waals surface area contributed by atoms with Gasteiger partial charge in [0.15, 0.2) is 0 Å². The number of carbonyl (C=O) groups is 1. The summed E-state index contributed by atoms with van der Waals surface area (Å²) in [6.07, 6.45) is 2.34. The van der Waals surface area contributed by atoms with Crippen molar-refractivity contribution in [2.45, 2.75) is 20.3 Å². The van der Waals surface area contributed by atoms with Gasteiger partial charge in [-0.15, -0.1) is 0 Å². The Morgan fingerprint density at radius 2 is 1.87 bits per heavy atom. The minimum Gasteiger partial charge on any atom is -0.469 e. The van der Waals surface area contributed by atoms with Crippen LogP contribution in [0.3, 0.4) is 0 Å². The van der Waals surface area contributed by atoms with Crippen LogP contribution in [-0.4, -0.2) is 34.4 Å². The van der Waals surface area contributed by atoms with Crippen molar-refractivity contribution >= 4 is 16.9 Å². The van der Waals surface area contributed by atoms with Crippen LogP contribution >= 0.6 is 0 Å². The van der Waals surface area contributed by atoms with Gasteiger partial charge in [-0.3, -0.25) is 4.79 Å². The molecule has 0 aliphatic rings. The van der Waals surface area contributed by atoms with E-state index < -0.39 is 0 Å². The molecule has 3 aromatic rings. The number of fused-ring (bicyclic) bond motifs is 1. The molecule has 0 spiro atoms. The van der Waals surface area contributed by atoms with Crippen LogP contribution in [0, 0.1) is 13.8 Å². The highest BCUT2D eigenvalue weighted by atomic mass is 16.3. The molecule has 2 aromatic heterocycles. The Morgan fingerprint density at radius 1 is 1.13 bits per heavy atom. The van der Waals surface area contributed by atoms with E-state index >= 15 is 0 Å². The van der Waals surface area contributed by atoms with E-state index in [1.165, 1.54) is 0 Å². The molecular weight excluding hydrogens is 290 g/mol. The number of nitrogens with zero attached hydrogens (tertiary/aromatic N) is 3. The number of rotatable bonds is 4. The van der Waals surface area contributed by atoms with Crippen LogP contribution in [0.1, 0.15) is 27.5 Å². The number of hydrogen-bond donors (Lipinski definition) is 0. The first-order valence-corrected chi connectivity index (χ1v) is 7.57. The predicted molar refractivity (Wildman–Crippen MR) is 88.4 cm³/mol. The first kappa shape index (κ1) is 15.2. The topological polar surface area (TPSA) is 59.2 Å². The van der Waals surface area contributed by atoms with Gasteiger partial charge in [-0.1, -0.05) is 0 Å². The third kappa shape index (κ3) is 3.23. The molecule has 0 atom stereocenters. The molecule has 5 nitrogen and oxygen atoms in total. The first-order valence-electron chi connectivity index (χ1n) is 7.57. The van der Waals surface area contributed by atoms with Gasteiger partial charge in [0.05, 0.1) is 28.7 Å². The van der Waals surface area contributed by atoms with Crippen molar-refractivity contribution in [3.8, 4) is 0 Å². The van der Waals surface area contributed by atoms with Crippen LogP contribution in [0.5, 0.6) is 0 Å². The Balaban J connectivity index is 1.78. The summed E-state index contributed by atoms with van der Waals surface area (Å²) >= 11 is 0. The number of amides is 1.